The van der Waals surface area contributed by atoms with E-state index in [1.54, 1.807) is 12.2 Å². The van der Waals surface area contributed by atoms with Crippen molar-refractivity contribution in [2.75, 3.05) is 13.2 Å². The fourth-order valence-electron chi connectivity index (χ4n) is 2.63. The zero-order chi connectivity index (χ0) is 19.2. The average molecular weight is 379 g/mol. The van der Waals surface area contributed by atoms with Crippen LogP contribution in [-0.2, 0) is 4.79 Å². The van der Waals surface area contributed by atoms with Crippen molar-refractivity contribution in [3.05, 3.63) is 82.3 Å². The molecule has 0 saturated carbocycles. The van der Waals surface area contributed by atoms with Gasteiger partial charge in [0.15, 0.2) is 0 Å². The second-order valence-electron chi connectivity index (χ2n) is 6.24. The van der Waals surface area contributed by atoms with Crippen LogP contribution in [0.5, 0.6) is 5.75 Å². The van der Waals surface area contributed by atoms with E-state index < -0.39 is 0 Å². The molecule has 0 unspecified atom stereocenters. The molecule has 1 saturated heterocycles. The molecule has 27 heavy (non-hydrogen) atoms. The molecule has 2 aromatic rings. The third-order valence-electron chi connectivity index (χ3n) is 4.13. The summed E-state index contributed by atoms with van der Waals surface area (Å²) in [5.74, 6) is 0.510. The summed E-state index contributed by atoms with van der Waals surface area (Å²) in [6, 6.07) is 15.8. The van der Waals surface area contributed by atoms with E-state index in [2.05, 4.69) is 0 Å². The first-order chi connectivity index (χ1) is 13.0. The highest BCUT2D eigenvalue weighted by Crippen LogP contribution is 2.30. The van der Waals surface area contributed by atoms with Crippen LogP contribution in [0.25, 0.3) is 6.08 Å². The maximum atomic E-state index is 12.4. The fourth-order valence-corrected chi connectivity index (χ4v) is 3.44. The lowest BCUT2D eigenvalue weighted by atomic mass is 10.1. The van der Waals surface area contributed by atoms with E-state index in [1.165, 1.54) is 4.90 Å². The van der Waals surface area contributed by atoms with Crippen molar-refractivity contribution >= 4 is 29.0 Å². The maximum absolute atomic E-state index is 12.4. The lowest BCUT2D eigenvalue weighted by Crippen LogP contribution is -2.32. The van der Waals surface area contributed by atoms with Crippen LogP contribution < -0.4 is 4.74 Å². The van der Waals surface area contributed by atoms with Gasteiger partial charge in [0.05, 0.1) is 11.4 Å². The normalized spacial score (nSPS) is 15.9. The Bertz CT molecular complexity index is 903. The van der Waals surface area contributed by atoms with Gasteiger partial charge >= 0.3 is 0 Å². The number of hydrogen-bond acceptors (Lipinski definition) is 4. The smallest absolute Gasteiger partial charge is 0.293 e. The van der Waals surface area contributed by atoms with Gasteiger partial charge in [0, 0.05) is 0 Å². The van der Waals surface area contributed by atoms with E-state index in [0.717, 1.165) is 34.2 Å². The second kappa shape index (κ2) is 8.73. The predicted octanol–water partition coefficient (Wildman–Crippen LogP) is 4.97. The Hall–Kier alpha value is -2.79. The summed E-state index contributed by atoms with van der Waals surface area (Å²) < 4.78 is 5.76. The Labute approximate surface area is 163 Å². The number of ether oxygens (including phenoxy) is 1. The molecule has 138 valence electrons. The molecule has 0 spiro atoms. The maximum Gasteiger partial charge on any atom is 0.293 e. The molecule has 0 radical (unpaired) electrons. The Morgan fingerprint density at radius 3 is 2.63 bits per heavy atom. The highest BCUT2D eigenvalue weighted by atomic mass is 32.2. The van der Waals surface area contributed by atoms with Crippen LogP contribution in [0.2, 0.25) is 0 Å². The molecule has 1 aliphatic rings. The molecule has 1 heterocycles. The van der Waals surface area contributed by atoms with Gasteiger partial charge in [0.2, 0.25) is 0 Å². The van der Waals surface area contributed by atoms with Crippen LogP contribution in [-0.4, -0.2) is 29.2 Å². The minimum absolute atomic E-state index is 0.234. The molecular weight excluding hydrogens is 358 g/mol. The standard InChI is InChI=1S/C22H21NO3S/c1-16-11-12-17(2)19(15-16)26-14-13-23-21(24)20(27-22(23)25)10-6-9-18-7-4-3-5-8-18/h3-12,15H,13-14H2,1-2H3/b9-6+,20-10-. The molecule has 2 aromatic carbocycles. The summed E-state index contributed by atoms with van der Waals surface area (Å²) >= 11 is 0.961. The lowest BCUT2D eigenvalue weighted by molar-refractivity contribution is -0.123. The molecule has 0 aromatic heterocycles. The number of hydrogen-bond donors (Lipinski definition) is 0. The van der Waals surface area contributed by atoms with Crippen molar-refractivity contribution in [2.24, 2.45) is 0 Å². The highest BCUT2D eigenvalue weighted by molar-refractivity contribution is 8.18. The van der Waals surface area contributed by atoms with Gasteiger partial charge in [-0.2, -0.15) is 0 Å². The quantitative estimate of drug-likeness (QED) is 0.665. The molecule has 5 heteroatoms. The largest absolute Gasteiger partial charge is 0.491 e. The fraction of sp³-hybridized carbons (Fsp3) is 0.182. The topological polar surface area (TPSA) is 46.6 Å². The zero-order valence-corrected chi connectivity index (χ0v) is 16.2. The summed E-state index contributed by atoms with van der Waals surface area (Å²) in [6.45, 7) is 4.47. The lowest BCUT2D eigenvalue weighted by Gasteiger charge is -2.14. The van der Waals surface area contributed by atoms with Crippen LogP contribution in [0.15, 0.2) is 65.6 Å². The van der Waals surface area contributed by atoms with Gasteiger partial charge in [-0.3, -0.25) is 14.5 Å². The van der Waals surface area contributed by atoms with Crippen molar-refractivity contribution in [2.45, 2.75) is 13.8 Å². The number of allylic oxidation sites excluding steroid dienone is 2. The molecular formula is C22H21NO3S. The third kappa shape index (κ3) is 4.89. The molecule has 1 aliphatic heterocycles. The van der Waals surface area contributed by atoms with Crippen LogP contribution in [0, 0.1) is 13.8 Å². The number of rotatable bonds is 6. The van der Waals surface area contributed by atoms with E-state index in [9.17, 15) is 9.59 Å². The molecule has 3 rings (SSSR count). The van der Waals surface area contributed by atoms with E-state index in [-0.39, 0.29) is 24.3 Å². The van der Waals surface area contributed by atoms with Crippen molar-refractivity contribution < 1.29 is 14.3 Å². The number of nitrogens with zero attached hydrogens (tertiary/aromatic N) is 1. The van der Waals surface area contributed by atoms with Crippen molar-refractivity contribution in [1.29, 1.82) is 0 Å². The number of imide groups is 1. The molecule has 0 bridgehead atoms. The summed E-state index contributed by atoms with van der Waals surface area (Å²) in [5.41, 5.74) is 3.17. The van der Waals surface area contributed by atoms with E-state index in [4.69, 9.17) is 4.74 Å². The Kier molecular flexibility index (Phi) is 6.14. The molecule has 2 amide bonds. The van der Waals surface area contributed by atoms with Crippen LogP contribution in [0.4, 0.5) is 4.79 Å². The van der Waals surface area contributed by atoms with E-state index in [1.807, 2.05) is 68.5 Å². The minimum Gasteiger partial charge on any atom is -0.491 e. The second-order valence-corrected chi connectivity index (χ2v) is 7.24. The highest BCUT2D eigenvalue weighted by Gasteiger charge is 2.34. The summed E-state index contributed by atoms with van der Waals surface area (Å²) in [4.78, 5) is 26.3. The van der Waals surface area contributed by atoms with Crippen molar-refractivity contribution in [3.63, 3.8) is 0 Å². The van der Waals surface area contributed by atoms with Crippen molar-refractivity contribution in [3.8, 4) is 5.75 Å². The van der Waals surface area contributed by atoms with Gasteiger partial charge < -0.3 is 4.74 Å². The first-order valence-corrected chi connectivity index (χ1v) is 9.53. The number of carbonyl (C=O) groups excluding carboxylic acids is 2. The van der Waals surface area contributed by atoms with Gasteiger partial charge in [-0.05, 0) is 54.4 Å². The SMILES string of the molecule is Cc1ccc(C)c(OCCN2C(=O)S/C(=C\C=C\c3ccccc3)C2=O)c1. The third-order valence-corrected chi connectivity index (χ3v) is 5.05. The Morgan fingerprint density at radius 2 is 1.85 bits per heavy atom. The zero-order valence-electron chi connectivity index (χ0n) is 15.3. The number of thioether (sulfide) groups is 1. The van der Waals surface area contributed by atoms with Gasteiger partial charge in [0.25, 0.3) is 11.1 Å². The Morgan fingerprint density at radius 1 is 1.07 bits per heavy atom. The van der Waals surface area contributed by atoms with E-state index >= 15 is 0 Å². The van der Waals surface area contributed by atoms with Crippen molar-refractivity contribution in [1.82, 2.24) is 4.90 Å². The first kappa shape index (κ1) is 19.0. The van der Waals surface area contributed by atoms with Gasteiger partial charge in [-0.1, -0.05) is 54.6 Å². The molecule has 1 fully saturated rings. The van der Waals surface area contributed by atoms with Gasteiger partial charge in [-0.25, -0.2) is 0 Å². The average Bonchev–Trinajstić information content (AvgIpc) is 2.93. The van der Waals surface area contributed by atoms with Crippen LogP contribution in [0.3, 0.4) is 0 Å². The molecule has 0 aliphatic carbocycles. The van der Waals surface area contributed by atoms with Gasteiger partial charge in [0.1, 0.15) is 12.4 Å². The molecule has 4 nitrogen and oxygen atoms in total. The molecule has 0 atom stereocenters. The minimum atomic E-state index is -0.271. The number of amides is 2. The summed E-state index contributed by atoms with van der Waals surface area (Å²) in [5, 5.41) is -0.260. The predicted molar refractivity (Wildman–Crippen MR) is 110 cm³/mol. The van der Waals surface area contributed by atoms with Crippen LogP contribution in [0.1, 0.15) is 16.7 Å². The first-order valence-electron chi connectivity index (χ1n) is 8.72. The number of aryl methyl sites for hydroxylation is 2. The van der Waals surface area contributed by atoms with Gasteiger partial charge in [-0.15, -0.1) is 0 Å². The molecule has 0 N–H and O–H groups in total. The summed E-state index contributed by atoms with van der Waals surface area (Å²) in [6.07, 6.45) is 5.38. The Balaban J connectivity index is 1.58. The number of benzene rings is 2. The van der Waals surface area contributed by atoms with E-state index in [0.29, 0.717) is 4.91 Å². The number of carbonyl (C=O) groups is 2. The summed E-state index contributed by atoms with van der Waals surface area (Å²) in [7, 11) is 0. The van der Waals surface area contributed by atoms with Crippen LogP contribution >= 0.6 is 11.8 Å². The monoisotopic (exact) mass is 379 g/mol.